The van der Waals surface area contributed by atoms with Gasteiger partial charge in [-0.05, 0) is 30.0 Å². The Kier molecular flexibility index (Phi) is 5.08. The molecule has 0 saturated heterocycles. The highest BCUT2D eigenvalue weighted by molar-refractivity contribution is 5.96. The Hall–Kier alpha value is -1.93. The molecule has 2 heteroatoms. The predicted octanol–water partition coefficient (Wildman–Crippen LogP) is 3.91. The van der Waals surface area contributed by atoms with Crippen LogP contribution in [0.15, 0.2) is 54.6 Å². The maximum absolute atomic E-state index is 12.1. The van der Waals surface area contributed by atoms with Crippen molar-refractivity contribution in [3.8, 4) is 11.1 Å². The van der Waals surface area contributed by atoms with Gasteiger partial charge in [0.15, 0.2) is 5.78 Å². The quantitative estimate of drug-likeness (QED) is 0.806. The molecule has 0 aromatic heterocycles. The summed E-state index contributed by atoms with van der Waals surface area (Å²) in [6.45, 7) is 2.71. The molecule has 0 bridgehead atoms. The topological polar surface area (TPSA) is 43.1 Å². The molecule has 0 radical (unpaired) electrons. The zero-order chi connectivity index (χ0) is 14.4. The third-order valence-corrected chi connectivity index (χ3v) is 3.58. The van der Waals surface area contributed by atoms with Gasteiger partial charge in [0.05, 0.1) is 0 Å². The van der Waals surface area contributed by atoms with Crippen molar-refractivity contribution < 1.29 is 4.79 Å². The van der Waals surface area contributed by atoms with Gasteiger partial charge >= 0.3 is 0 Å². The summed E-state index contributed by atoms with van der Waals surface area (Å²) >= 11 is 0. The van der Waals surface area contributed by atoms with Gasteiger partial charge < -0.3 is 5.73 Å². The van der Waals surface area contributed by atoms with E-state index in [4.69, 9.17) is 5.73 Å². The van der Waals surface area contributed by atoms with Crippen molar-refractivity contribution in [1.29, 1.82) is 0 Å². The first-order valence-electron chi connectivity index (χ1n) is 7.09. The highest BCUT2D eigenvalue weighted by atomic mass is 16.1. The number of nitrogens with two attached hydrogens (primary N) is 1. The summed E-state index contributed by atoms with van der Waals surface area (Å²) in [6.07, 6.45) is 1.43. The monoisotopic (exact) mass is 267 g/mol. The fraction of sp³-hybridized carbons (Fsp3) is 0.278. The number of benzene rings is 2. The van der Waals surface area contributed by atoms with E-state index in [1.54, 1.807) is 0 Å². The normalized spacial score (nSPS) is 12.1. The number of rotatable bonds is 6. The summed E-state index contributed by atoms with van der Waals surface area (Å²) in [7, 11) is 0. The van der Waals surface area contributed by atoms with E-state index in [1.165, 1.54) is 5.56 Å². The lowest BCUT2D eigenvalue weighted by atomic mass is 9.98. The molecule has 0 fully saturated rings. The van der Waals surface area contributed by atoms with Crippen LogP contribution in [0.5, 0.6) is 0 Å². The van der Waals surface area contributed by atoms with Crippen molar-refractivity contribution in [1.82, 2.24) is 0 Å². The summed E-state index contributed by atoms with van der Waals surface area (Å²) in [6, 6.07) is 18.0. The number of ketones is 1. The van der Waals surface area contributed by atoms with Crippen LogP contribution in [0.4, 0.5) is 0 Å². The van der Waals surface area contributed by atoms with Crippen molar-refractivity contribution >= 4 is 5.78 Å². The lowest BCUT2D eigenvalue weighted by Gasteiger charge is -2.08. The van der Waals surface area contributed by atoms with E-state index in [0.717, 1.165) is 17.5 Å². The fourth-order valence-corrected chi connectivity index (χ4v) is 2.12. The molecule has 1 atom stereocenters. The molecule has 0 amide bonds. The SMILES string of the molecule is CC(CN)CCC(=O)c1ccc(-c2ccccc2)cc1. The molecule has 0 saturated carbocycles. The molecule has 0 spiro atoms. The van der Waals surface area contributed by atoms with Crippen LogP contribution >= 0.6 is 0 Å². The second kappa shape index (κ2) is 7.01. The maximum Gasteiger partial charge on any atom is 0.162 e. The summed E-state index contributed by atoms with van der Waals surface area (Å²) in [5.41, 5.74) is 8.66. The number of carbonyl (C=O) groups excluding carboxylic acids is 1. The van der Waals surface area contributed by atoms with Gasteiger partial charge in [0.2, 0.25) is 0 Å². The van der Waals surface area contributed by atoms with E-state index in [9.17, 15) is 4.79 Å². The molecule has 2 aromatic carbocycles. The first-order valence-corrected chi connectivity index (χ1v) is 7.09. The fourth-order valence-electron chi connectivity index (χ4n) is 2.12. The highest BCUT2D eigenvalue weighted by Gasteiger charge is 2.08. The van der Waals surface area contributed by atoms with Crippen molar-refractivity contribution in [2.24, 2.45) is 11.7 Å². The molecular formula is C18H21NO. The Bertz CT molecular complexity index is 545. The van der Waals surface area contributed by atoms with Crippen LogP contribution in [0.1, 0.15) is 30.1 Å². The Balaban J connectivity index is 2.03. The first kappa shape index (κ1) is 14.5. The molecule has 2 nitrogen and oxygen atoms in total. The van der Waals surface area contributed by atoms with Crippen LogP contribution in [0.25, 0.3) is 11.1 Å². The van der Waals surface area contributed by atoms with Gasteiger partial charge in [-0.25, -0.2) is 0 Å². The van der Waals surface area contributed by atoms with Gasteiger partial charge in [0.25, 0.3) is 0 Å². The summed E-state index contributed by atoms with van der Waals surface area (Å²) in [5, 5.41) is 0. The summed E-state index contributed by atoms with van der Waals surface area (Å²) in [4.78, 5) is 12.1. The minimum absolute atomic E-state index is 0.199. The second-order valence-electron chi connectivity index (χ2n) is 5.25. The van der Waals surface area contributed by atoms with Gasteiger partial charge in [-0.15, -0.1) is 0 Å². The first-order chi connectivity index (χ1) is 9.70. The average molecular weight is 267 g/mol. The molecule has 2 rings (SSSR count). The molecule has 0 heterocycles. The third kappa shape index (κ3) is 3.78. The molecule has 2 N–H and O–H groups in total. The molecule has 0 aliphatic carbocycles. The Morgan fingerprint density at radius 2 is 1.60 bits per heavy atom. The zero-order valence-corrected chi connectivity index (χ0v) is 11.9. The molecule has 1 unspecified atom stereocenters. The van der Waals surface area contributed by atoms with Crippen LogP contribution in [-0.4, -0.2) is 12.3 Å². The van der Waals surface area contributed by atoms with Crippen LogP contribution in [-0.2, 0) is 0 Å². The molecule has 0 aliphatic heterocycles. The molecular weight excluding hydrogens is 246 g/mol. The van der Waals surface area contributed by atoms with Crippen LogP contribution < -0.4 is 5.73 Å². The van der Waals surface area contributed by atoms with E-state index >= 15 is 0 Å². The second-order valence-corrected chi connectivity index (χ2v) is 5.25. The smallest absolute Gasteiger partial charge is 0.162 e. The lowest BCUT2D eigenvalue weighted by molar-refractivity contribution is 0.0975. The molecule has 2 aromatic rings. The van der Waals surface area contributed by atoms with Crippen molar-refractivity contribution in [3.63, 3.8) is 0 Å². The van der Waals surface area contributed by atoms with Gasteiger partial charge in [0.1, 0.15) is 0 Å². The lowest BCUT2D eigenvalue weighted by Crippen LogP contribution is -2.12. The van der Waals surface area contributed by atoms with Crippen LogP contribution in [0, 0.1) is 5.92 Å². The van der Waals surface area contributed by atoms with E-state index < -0.39 is 0 Å². The minimum atomic E-state index is 0.199. The summed E-state index contributed by atoms with van der Waals surface area (Å²) < 4.78 is 0. The van der Waals surface area contributed by atoms with E-state index in [0.29, 0.717) is 18.9 Å². The van der Waals surface area contributed by atoms with Crippen LogP contribution in [0.2, 0.25) is 0 Å². The average Bonchev–Trinajstić information content (AvgIpc) is 2.53. The largest absolute Gasteiger partial charge is 0.330 e. The summed E-state index contributed by atoms with van der Waals surface area (Å²) in [5.74, 6) is 0.604. The van der Waals surface area contributed by atoms with Gasteiger partial charge in [-0.2, -0.15) is 0 Å². The number of Topliss-reactive ketones (excluding diaryl/α,β-unsaturated/α-hetero) is 1. The molecule has 20 heavy (non-hydrogen) atoms. The van der Waals surface area contributed by atoms with E-state index in [2.05, 4.69) is 19.1 Å². The number of carbonyl (C=O) groups is 1. The van der Waals surface area contributed by atoms with Crippen LogP contribution in [0.3, 0.4) is 0 Å². The van der Waals surface area contributed by atoms with E-state index in [-0.39, 0.29) is 5.78 Å². The van der Waals surface area contributed by atoms with Crippen molar-refractivity contribution in [2.75, 3.05) is 6.54 Å². The van der Waals surface area contributed by atoms with Gasteiger partial charge in [-0.1, -0.05) is 61.5 Å². The van der Waals surface area contributed by atoms with Gasteiger partial charge in [0, 0.05) is 12.0 Å². The Morgan fingerprint density at radius 1 is 1.00 bits per heavy atom. The standard InChI is InChI=1S/C18H21NO/c1-14(13-19)7-12-18(20)17-10-8-16(9-11-17)15-5-3-2-4-6-15/h2-6,8-11,14H,7,12-13,19H2,1H3. The van der Waals surface area contributed by atoms with Crippen molar-refractivity contribution in [2.45, 2.75) is 19.8 Å². The maximum atomic E-state index is 12.1. The molecule has 0 aliphatic rings. The van der Waals surface area contributed by atoms with Gasteiger partial charge in [-0.3, -0.25) is 4.79 Å². The third-order valence-electron chi connectivity index (χ3n) is 3.58. The number of hydrogen-bond donors (Lipinski definition) is 1. The Labute approximate surface area is 120 Å². The number of hydrogen-bond acceptors (Lipinski definition) is 2. The van der Waals surface area contributed by atoms with E-state index in [1.807, 2.05) is 42.5 Å². The highest BCUT2D eigenvalue weighted by Crippen LogP contribution is 2.20. The zero-order valence-electron chi connectivity index (χ0n) is 11.9. The van der Waals surface area contributed by atoms with Crippen molar-refractivity contribution in [3.05, 3.63) is 60.2 Å². The Morgan fingerprint density at radius 3 is 2.20 bits per heavy atom. The molecule has 104 valence electrons. The minimum Gasteiger partial charge on any atom is -0.330 e. The predicted molar refractivity (Wildman–Crippen MR) is 83.7 cm³/mol.